The van der Waals surface area contributed by atoms with E-state index in [1.165, 1.54) is 11.1 Å². The molecular formula is C18H24N4O2. The molecule has 0 amide bonds. The Labute approximate surface area is 142 Å². The molecule has 128 valence electrons. The van der Waals surface area contributed by atoms with E-state index in [9.17, 15) is 0 Å². The number of hydrogen-bond acceptors (Lipinski definition) is 5. The Morgan fingerprint density at radius 1 is 1.33 bits per heavy atom. The fraction of sp³-hybridized carbons (Fsp3) is 0.556. The Morgan fingerprint density at radius 3 is 3.00 bits per heavy atom. The van der Waals surface area contributed by atoms with E-state index in [0.717, 1.165) is 44.2 Å². The maximum Gasteiger partial charge on any atom is 0.163 e. The highest BCUT2D eigenvalue weighted by Crippen LogP contribution is 2.35. The molecule has 3 heterocycles. The highest BCUT2D eigenvalue weighted by atomic mass is 16.5. The average Bonchev–Trinajstić information content (AvgIpc) is 3.08. The second-order valence-corrected chi connectivity index (χ2v) is 7.38. The second kappa shape index (κ2) is 5.86. The van der Waals surface area contributed by atoms with Gasteiger partial charge in [-0.15, -0.1) is 10.2 Å². The van der Waals surface area contributed by atoms with Crippen LogP contribution in [0.25, 0.3) is 0 Å². The summed E-state index contributed by atoms with van der Waals surface area (Å²) in [4.78, 5) is 2.42. The smallest absolute Gasteiger partial charge is 0.163 e. The zero-order valence-electron chi connectivity index (χ0n) is 14.5. The van der Waals surface area contributed by atoms with Crippen molar-refractivity contribution in [1.82, 2.24) is 19.7 Å². The lowest BCUT2D eigenvalue weighted by Crippen LogP contribution is -2.38. The quantitative estimate of drug-likeness (QED) is 0.864. The minimum absolute atomic E-state index is 0.0112. The molecule has 0 saturated carbocycles. The molecule has 0 N–H and O–H groups in total. The van der Waals surface area contributed by atoms with Crippen LogP contribution in [-0.4, -0.2) is 45.0 Å². The minimum atomic E-state index is -0.0871. The van der Waals surface area contributed by atoms with Crippen molar-refractivity contribution in [3.05, 3.63) is 41.5 Å². The van der Waals surface area contributed by atoms with Crippen LogP contribution in [0.5, 0.6) is 5.75 Å². The fourth-order valence-electron chi connectivity index (χ4n) is 3.61. The third-order valence-corrected chi connectivity index (χ3v) is 4.72. The number of nitrogens with zero attached hydrogens (tertiary/aromatic N) is 4. The Kier molecular flexibility index (Phi) is 3.81. The van der Waals surface area contributed by atoms with Crippen LogP contribution in [0.15, 0.2) is 24.5 Å². The number of aromatic nitrogens is 3. The summed E-state index contributed by atoms with van der Waals surface area (Å²) in [7, 11) is 1.96. The summed E-state index contributed by atoms with van der Waals surface area (Å²) in [5, 5.41) is 8.15. The number of fused-ring (bicyclic) bond motifs is 1. The summed E-state index contributed by atoms with van der Waals surface area (Å²) in [5.74, 6) is 1.92. The van der Waals surface area contributed by atoms with Gasteiger partial charge in [0.15, 0.2) is 5.82 Å². The molecule has 2 aliphatic rings. The largest absolute Gasteiger partial charge is 0.487 e. The SMILES string of the molecule is Cn1cnnc1C1CN(Cc2ccc3c(c2)CC(C)(C)O3)CCO1. The maximum atomic E-state index is 5.97. The van der Waals surface area contributed by atoms with Crippen molar-refractivity contribution < 1.29 is 9.47 Å². The van der Waals surface area contributed by atoms with E-state index >= 15 is 0 Å². The number of aryl methyl sites for hydroxylation is 1. The second-order valence-electron chi connectivity index (χ2n) is 7.38. The van der Waals surface area contributed by atoms with Gasteiger partial charge in [0, 0.05) is 33.1 Å². The summed E-state index contributed by atoms with van der Waals surface area (Å²) in [6, 6.07) is 6.57. The van der Waals surface area contributed by atoms with Crippen molar-refractivity contribution in [2.24, 2.45) is 7.05 Å². The molecule has 1 aromatic heterocycles. The number of morpholine rings is 1. The van der Waals surface area contributed by atoms with Crippen LogP contribution in [0.4, 0.5) is 0 Å². The topological polar surface area (TPSA) is 52.4 Å². The fourth-order valence-corrected chi connectivity index (χ4v) is 3.61. The molecule has 2 aromatic rings. The van der Waals surface area contributed by atoms with E-state index < -0.39 is 0 Å². The first-order valence-electron chi connectivity index (χ1n) is 8.49. The van der Waals surface area contributed by atoms with Crippen molar-refractivity contribution in [2.75, 3.05) is 19.7 Å². The molecule has 1 unspecified atom stereocenters. The van der Waals surface area contributed by atoms with Gasteiger partial charge in [-0.3, -0.25) is 4.90 Å². The zero-order chi connectivity index (χ0) is 16.7. The van der Waals surface area contributed by atoms with Gasteiger partial charge in [0.05, 0.1) is 6.61 Å². The van der Waals surface area contributed by atoms with E-state index in [0.29, 0.717) is 0 Å². The highest BCUT2D eigenvalue weighted by molar-refractivity contribution is 5.41. The first-order chi connectivity index (χ1) is 11.5. The van der Waals surface area contributed by atoms with Crippen LogP contribution in [0.2, 0.25) is 0 Å². The summed E-state index contributed by atoms with van der Waals surface area (Å²) >= 11 is 0. The van der Waals surface area contributed by atoms with Crippen LogP contribution < -0.4 is 4.74 Å². The van der Waals surface area contributed by atoms with Gasteiger partial charge in [-0.05, 0) is 31.0 Å². The molecule has 6 heteroatoms. The lowest BCUT2D eigenvalue weighted by atomic mass is 10.00. The van der Waals surface area contributed by atoms with Crippen molar-refractivity contribution in [2.45, 2.75) is 38.5 Å². The van der Waals surface area contributed by atoms with Gasteiger partial charge in [-0.25, -0.2) is 0 Å². The van der Waals surface area contributed by atoms with Gasteiger partial charge in [0.1, 0.15) is 23.8 Å². The standard InChI is InChI=1S/C18H24N4O2/c1-18(2)9-14-8-13(4-5-15(14)24-18)10-22-6-7-23-16(11-22)17-20-19-12-21(17)3/h4-5,8,12,16H,6-7,9-11H2,1-3H3. The number of ether oxygens (including phenoxy) is 2. The Hall–Kier alpha value is -1.92. The third kappa shape index (κ3) is 3.03. The summed E-state index contributed by atoms with van der Waals surface area (Å²) in [5.41, 5.74) is 2.56. The predicted molar refractivity (Wildman–Crippen MR) is 89.8 cm³/mol. The number of hydrogen-bond donors (Lipinski definition) is 0. The Balaban J connectivity index is 1.45. The highest BCUT2D eigenvalue weighted by Gasteiger charge is 2.30. The molecule has 2 aliphatic heterocycles. The van der Waals surface area contributed by atoms with E-state index in [2.05, 4.69) is 47.1 Å². The van der Waals surface area contributed by atoms with E-state index in [1.54, 1.807) is 6.33 Å². The van der Waals surface area contributed by atoms with Crippen LogP contribution >= 0.6 is 0 Å². The van der Waals surface area contributed by atoms with Crippen molar-refractivity contribution >= 4 is 0 Å². The van der Waals surface area contributed by atoms with Crippen LogP contribution in [0.1, 0.15) is 36.9 Å². The lowest BCUT2D eigenvalue weighted by molar-refractivity contribution is -0.0385. The maximum absolute atomic E-state index is 5.97. The first-order valence-corrected chi connectivity index (χ1v) is 8.49. The van der Waals surface area contributed by atoms with Crippen LogP contribution in [-0.2, 0) is 24.8 Å². The Bertz CT molecular complexity index is 740. The third-order valence-electron chi connectivity index (χ3n) is 4.72. The monoisotopic (exact) mass is 328 g/mol. The molecule has 1 atom stereocenters. The van der Waals surface area contributed by atoms with E-state index in [1.807, 2.05) is 11.6 Å². The molecule has 4 rings (SSSR count). The van der Waals surface area contributed by atoms with E-state index in [-0.39, 0.29) is 11.7 Å². The molecule has 24 heavy (non-hydrogen) atoms. The molecule has 6 nitrogen and oxygen atoms in total. The van der Waals surface area contributed by atoms with Gasteiger partial charge in [0.25, 0.3) is 0 Å². The average molecular weight is 328 g/mol. The van der Waals surface area contributed by atoms with Gasteiger partial charge in [0.2, 0.25) is 0 Å². The molecule has 0 aliphatic carbocycles. The van der Waals surface area contributed by atoms with Crippen molar-refractivity contribution in [3.8, 4) is 5.75 Å². The molecule has 0 bridgehead atoms. The van der Waals surface area contributed by atoms with Gasteiger partial charge < -0.3 is 14.0 Å². The summed E-state index contributed by atoms with van der Waals surface area (Å²) in [6.07, 6.45) is 2.68. The van der Waals surface area contributed by atoms with Gasteiger partial charge in [-0.2, -0.15) is 0 Å². The predicted octanol–water partition coefficient (Wildman–Crippen LogP) is 2.10. The van der Waals surface area contributed by atoms with Gasteiger partial charge >= 0.3 is 0 Å². The molecule has 0 radical (unpaired) electrons. The number of benzene rings is 1. The molecule has 1 fully saturated rings. The minimum Gasteiger partial charge on any atom is -0.487 e. The molecule has 0 spiro atoms. The molecular weight excluding hydrogens is 304 g/mol. The first kappa shape index (κ1) is 15.6. The Morgan fingerprint density at radius 2 is 2.21 bits per heavy atom. The van der Waals surface area contributed by atoms with Crippen LogP contribution in [0.3, 0.4) is 0 Å². The summed E-state index contributed by atoms with van der Waals surface area (Å²) in [6.45, 7) is 7.70. The van der Waals surface area contributed by atoms with Crippen molar-refractivity contribution in [1.29, 1.82) is 0 Å². The lowest BCUT2D eigenvalue weighted by Gasteiger charge is -2.32. The van der Waals surface area contributed by atoms with Crippen molar-refractivity contribution in [3.63, 3.8) is 0 Å². The molecule has 1 aromatic carbocycles. The van der Waals surface area contributed by atoms with Gasteiger partial charge in [-0.1, -0.05) is 12.1 Å². The summed E-state index contributed by atoms with van der Waals surface area (Å²) < 4.78 is 13.8. The molecule has 1 saturated heterocycles. The van der Waals surface area contributed by atoms with Crippen LogP contribution in [0, 0.1) is 0 Å². The van der Waals surface area contributed by atoms with E-state index in [4.69, 9.17) is 9.47 Å². The normalized spacial score (nSPS) is 23.0. The zero-order valence-corrected chi connectivity index (χ0v) is 14.5. The number of rotatable bonds is 3.